The van der Waals surface area contributed by atoms with E-state index in [1.165, 1.54) is 12.1 Å². The summed E-state index contributed by atoms with van der Waals surface area (Å²) in [6, 6.07) is 4.12. The van der Waals surface area contributed by atoms with E-state index in [9.17, 15) is 4.39 Å². The lowest BCUT2D eigenvalue weighted by atomic mass is 10.1. The predicted octanol–water partition coefficient (Wildman–Crippen LogP) is 2.09. The molecule has 0 unspecified atom stereocenters. The fourth-order valence-corrected chi connectivity index (χ4v) is 1.37. The Bertz CT molecular complexity index is 405. The lowest BCUT2D eigenvalue weighted by molar-refractivity contribution is 0.0969. The Labute approximate surface area is 99.9 Å². The highest BCUT2D eigenvalue weighted by atomic mass is 19.1. The molecule has 17 heavy (non-hydrogen) atoms. The Morgan fingerprint density at radius 2 is 2.24 bits per heavy atom. The summed E-state index contributed by atoms with van der Waals surface area (Å²) in [7, 11) is 0. The molecule has 0 aliphatic heterocycles. The molecule has 1 aromatic rings. The van der Waals surface area contributed by atoms with E-state index in [-0.39, 0.29) is 5.84 Å². The number of benzene rings is 1. The lowest BCUT2D eigenvalue weighted by Crippen LogP contribution is -2.16. The molecule has 0 fully saturated rings. The molecule has 3 N–H and O–H groups in total. The average molecular weight is 240 g/mol. The number of hydrogen-bond donors (Lipinski definition) is 2. The predicted molar refractivity (Wildman–Crippen MR) is 63.4 cm³/mol. The first kappa shape index (κ1) is 13.4. The minimum Gasteiger partial charge on any atom is -0.409 e. The minimum absolute atomic E-state index is 0.118. The molecule has 5 heteroatoms. The van der Waals surface area contributed by atoms with Gasteiger partial charge < -0.3 is 15.7 Å². The molecule has 0 amide bonds. The second-order valence-electron chi connectivity index (χ2n) is 4.20. The van der Waals surface area contributed by atoms with Crippen molar-refractivity contribution in [3.8, 4) is 0 Å². The van der Waals surface area contributed by atoms with Crippen LogP contribution in [0.15, 0.2) is 23.4 Å². The van der Waals surface area contributed by atoms with Crippen LogP contribution in [0.1, 0.15) is 25.0 Å². The van der Waals surface area contributed by atoms with Gasteiger partial charge >= 0.3 is 0 Å². The van der Waals surface area contributed by atoms with Crippen molar-refractivity contribution in [3.63, 3.8) is 0 Å². The Kier molecular flexibility index (Phi) is 4.90. The second-order valence-corrected chi connectivity index (χ2v) is 4.20. The Morgan fingerprint density at radius 1 is 1.53 bits per heavy atom. The Balaban J connectivity index is 2.83. The zero-order chi connectivity index (χ0) is 12.8. The summed E-state index contributed by atoms with van der Waals surface area (Å²) in [6.07, 6.45) is 0. The molecule has 1 rings (SSSR count). The standard InChI is InChI=1S/C12H17FN2O2/c1-8(2)6-17-7-9-3-4-10(13)5-11(9)12(14)15-16/h3-5,8,16H,6-7H2,1-2H3,(H2,14,15). The highest BCUT2D eigenvalue weighted by molar-refractivity contribution is 5.98. The maximum absolute atomic E-state index is 13.1. The van der Waals surface area contributed by atoms with Crippen molar-refractivity contribution in [1.29, 1.82) is 0 Å². The molecule has 0 aromatic heterocycles. The van der Waals surface area contributed by atoms with Gasteiger partial charge in [0.25, 0.3) is 0 Å². The molecule has 0 spiro atoms. The van der Waals surface area contributed by atoms with Crippen LogP contribution in [-0.2, 0) is 11.3 Å². The van der Waals surface area contributed by atoms with Crippen LogP contribution in [0.4, 0.5) is 4.39 Å². The minimum atomic E-state index is -0.431. The van der Waals surface area contributed by atoms with Gasteiger partial charge in [0.15, 0.2) is 5.84 Å². The summed E-state index contributed by atoms with van der Waals surface area (Å²) in [4.78, 5) is 0. The summed E-state index contributed by atoms with van der Waals surface area (Å²) in [5, 5.41) is 11.5. The number of amidine groups is 1. The van der Waals surface area contributed by atoms with E-state index in [2.05, 4.69) is 5.16 Å². The molecular formula is C12H17FN2O2. The first-order chi connectivity index (χ1) is 8.04. The summed E-state index contributed by atoms with van der Waals surface area (Å²) in [5.41, 5.74) is 6.53. The molecule has 0 atom stereocenters. The molecule has 0 heterocycles. The van der Waals surface area contributed by atoms with E-state index < -0.39 is 5.82 Å². The van der Waals surface area contributed by atoms with Crippen molar-refractivity contribution >= 4 is 5.84 Å². The van der Waals surface area contributed by atoms with E-state index >= 15 is 0 Å². The molecule has 1 aromatic carbocycles. The molecule has 94 valence electrons. The van der Waals surface area contributed by atoms with E-state index in [0.717, 1.165) is 0 Å². The molecule has 0 aliphatic rings. The summed E-state index contributed by atoms with van der Waals surface area (Å²) < 4.78 is 18.5. The number of nitrogens with zero attached hydrogens (tertiary/aromatic N) is 1. The van der Waals surface area contributed by atoms with Crippen LogP contribution >= 0.6 is 0 Å². The van der Waals surface area contributed by atoms with Gasteiger partial charge in [-0.05, 0) is 23.6 Å². The largest absolute Gasteiger partial charge is 0.409 e. The number of nitrogens with two attached hydrogens (primary N) is 1. The summed E-state index contributed by atoms with van der Waals surface area (Å²) >= 11 is 0. The van der Waals surface area contributed by atoms with E-state index in [1.807, 2.05) is 13.8 Å². The van der Waals surface area contributed by atoms with E-state index in [4.69, 9.17) is 15.7 Å². The average Bonchev–Trinajstić information content (AvgIpc) is 2.29. The van der Waals surface area contributed by atoms with Gasteiger partial charge in [-0.1, -0.05) is 25.1 Å². The van der Waals surface area contributed by atoms with Gasteiger partial charge in [-0.25, -0.2) is 4.39 Å². The van der Waals surface area contributed by atoms with Crippen LogP contribution < -0.4 is 5.73 Å². The number of ether oxygens (including phenoxy) is 1. The number of oxime groups is 1. The summed E-state index contributed by atoms with van der Waals surface area (Å²) in [5.74, 6) is -0.130. The van der Waals surface area contributed by atoms with Crippen LogP contribution in [0.25, 0.3) is 0 Å². The van der Waals surface area contributed by atoms with Crippen LogP contribution in [0.3, 0.4) is 0 Å². The molecule has 0 aliphatic carbocycles. The fraction of sp³-hybridized carbons (Fsp3) is 0.417. The van der Waals surface area contributed by atoms with Crippen molar-refractivity contribution in [2.75, 3.05) is 6.61 Å². The molecular weight excluding hydrogens is 223 g/mol. The quantitative estimate of drug-likeness (QED) is 0.358. The summed E-state index contributed by atoms with van der Waals surface area (Å²) in [6.45, 7) is 4.99. The molecule has 0 saturated heterocycles. The van der Waals surface area contributed by atoms with Gasteiger partial charge in [0.05, 0.1) is 6.61 Å². The maximum atomic E-state index is 13.1. The number of rotatable bonds is 5. The van der Waals surface area contributed by atoms with Crippen LogP contribution in [0, 0.1) is 11.7 Å². The van der Waals surface area contributed by atoms with Gasteiger partial charge in [-0.15, -0.1) is 0 Å². The smallest absolute Gasteiger partial charge is 0.170 e. The highest BCUT2D eigenvalue weighted by Gasteiger charge is 2.09. The van der Waals surface area contributed by atoms with Gasteiger partial charge in [-0.2, -0.15) is 0 Å². The van der Waals surface area contributed by atoms with Crippen molar-refractivity contribution < 1.29 is 14.3 Å². The second kappa shape index (κ2) is 6.20. The third-order valence-electron chi connectivity index (χ3n) is 2.16. The van der Waals surface area contributed by atoms with Crippen molar-refractivity contribution in [2.45, 2.75) is 20.5 Å². The lowest BCUT2D eigenvalue weighted by Gasteiger charge is -2.10. The Morgan fingerprint density at radius 3 is 2.82 bits per heavy atom. The normalized spacial score (nSPS) is 12.1. The number of hydrogen-bond acceptors (Lipinski definition) is 3. The highest BCUT2D eigenvalue weighted by Crippen LogP contribution is 2.13. The molecule has 0 bridgehead atoms. The maximum Gasteiger partial charge on any atom is 0.170 e. The third-order valence-corrected chi connectivity index (χ3v) is 2.16. The van der Waals surface area contributed by atoms with Gasteiger partial charge in [0.2, 0.25) is 0 Å². The van der Waals surface area contributed by atoms with Gasteiger partial charge in [-0.3, -0.25) is 0 Å². The Hall–Kier alpha value is -1.62. The molecule has 4 nitrogen and oxygen atoms in total. The topological polar surface area (TPSA) is 67.8 Å². The third kappa shape index (κ3) is 4.03. The van der Waals surface area contributed by atoms with Crippen LogP contribution in [0.2, 0.25) is 0 Å². The fourth-order valence-electron chi connectivity index (χ4n) is 1.37. The first-order valence-electron chi connectivity index (χ1n) is 5.38. The SMILES string of the molecule is CC(C)COCc1ccc(F)cc1/C(N)=N/O. The van der Waals surface area contributed by atoms with Crippen molar-refractivity contribution in [1.82, 2.24) is 0 Å². The van der Waals surface area contributed by atoms with Crippen LogP contribution in [-0.4, -0.2) is 17.6 Å². The van der Waals surface area contributed by atoms with Gasteiger partial charge in [0, 0.05) is 12.2 Å². The van der Waals surface area contributed by atoms with E-state index in [0.29, 0.717) is 30.3 Å². The number of halogens is 1. The molecule has 0 radical (unpaired) electrons. The zero-order valence-electron chi connectivity index (χ0n) is 9.98. The van der Waals surface area contributed by atoms with Crippen molar-refractivity contribution in [2.24, 2.45) is 16.8 Å². The molecule has 0 saturated carbocycles. The zero-order valence-corrected chi connectivity index (χ0v) is 9.98. The first-order valence-corrected chi connectivity index (χ1v) is 5.38. The van der Waals surface area contributed by atoms with E-state index in [1.54, 1.807) is 6.07 Å². The monoisotopic (exact) mass is 240 g/mol. The van der Waals surface area contributed by atoms with Gasteiger partial charge in [0.1, 0.15) is 5.82 Å². The van der Waals surface area contributed by atoms with Crippen LogP contribution in [0.5, 0.6) is 0 Å². The van der Waals surface area contributed by atoms with Crippen molar-refractivity contribution in [3.05, 3.63) is 35.1 Å².